The van der Waals surface area contributed by atoms with E-state index in [-0.39, 0.29) is 29.6 Å². The van der Waals surface area contributed by atoms with E-state index < -0.39 is 26.2 Å². The Morgan fingerprint density at radius 3 is 2.52 bits per heavy atom. The lowest BCUT2D eigenvalue weighted by Crippen LogP contribution is -2.54. The Morgan fingerprint density at radius 2 is 1.96 bits per heavy atom. The van der Waals surface area contributed by atoms with Gasteiger partial charge in [0.05, 0.1) is 12.6 Å². The summed E-state index contributed by atoms with van der Waals surface area (Å²) in [6.45, 7) is 10.8. The molecule has 0 saturated carbocycles. The Bertz CT molecular complexity index is 619. The van der Waals surface area contributed by atoms with Gasteiger partial charge in [-0.05, 0) is 35.8 Å². The minimum Gasteiger partial charge on any atom is -0.412 e. The summed E-state index contributed by atoms with van der Waals surface area (Å²) in [6.07, 6.45) is -0.767. The number of benzene rings is 1. The van der Waals surface area contributed by atoms with Gasteiger partial charge in [-0.25, -0.2) is 13.2 Å². The van der Waals surface area contributed by atoms with Crippen molar-refractivity contribution in [2.45, 2.75) is 63.9 Å². The van der Waals surface area contributed by atoms with Gasteiger partial charge >= 0.3 is 0 Å². The van der Waals surface area contributed by atoms with Crippen molar-refractivity contribution in [2.75, 3.05) is 13.1 Å². The van der Waals surface area contributed by atoms with Crippen LogP contribution in [0.3, 0.4) is 0 Å². The van der Waals surface area contributed by atoms with Gasteiger partial charge in [0.1, 0.15) is 5.82 Å². The third-order valence-electron chi connectivity index (χ3n) is 5.12. The van der Waals surface area contributed by atoms with Crippen molar-refractivity contribution < 1.29 is 17.6 Å². The zero-order valence-electron chi connectivity index (χ0n) is 15.5. The first-order valence-electron chi connectivity index (χ1n) is 8.51. The lowest BCUT2D eigenvalue weighted by Gasteiger charge is -2.44. The molecule has 25 heavy (non-hydrogen) atoms. The molecule has 2 nitrogen and oxygen atoms in total. The highest BCUT2D eigenvalue weighted by Gasteiger charge is 2.45. The van der Waals surface area contributed by atoms with Crippen LogP contribution in [-0.4, -0.2) is 38.3 Å². The SMILES string of the molecule is CC(C)(C)[Si](C)(C)O[C@H]1CN(Cc2ccc(F)cc2Cl)CC(F)(F)C1. The molecular weight excluding hydrogens is 367 g/mol. The fourth-order valence-corrected chi connectivity index (χ4v) is 4.40. The van der Waals surface area contributed by atoms with Crippen LogP contribution in [0.5, 0.6) is 0 Å². The normalized spacial score (nSPS) is 22.2. The topological polar surface area (TPSA) is 12.5 Å². The summed E-state index contributed by atoms with van der Waals surface area (Å²) < 4.78 is 47.9. The van der Waals surface area contributed by atoms with Crippen LogP contribution < -0.4 is 0 Å². The third kappa shape index (κ3) is 5.45. The maximum Gasteiger partial charge on any atom is 0.263 e. The average Bonchev–Trinajstić information content (AvgIpc) is 2.38. The van der Waals surface area contributed by atoms with E-state index in [1.807, 2.05) is 0 Å². The van der Waals surface area contributed by atoms with Crippen LogP contribution in [0.15, 0.2) is 18.2 Å². The summed E-state index contributed by atoms with van der Waals surface area (Å²) in [5.41, 5.74) is 0.645. The molecule has 1 aromatic carbocycles. The van der Waals surface area contributed by atoms with Crippen LogP contribution >= 0.6 is 11.6 Å². The fourth-order valence-electron chi connectivity index (χ4n) is 2.83. The molecule has 0 bridgehead atoms. The van der Waals surface area contributed by atoms with Gasteiger partial charge in [0.2, 0.25) is 0 Å². The molecule has 7 heteroatoms. The number of alkyl halides is 2. The number of rotatable bonds is 4. The lowest BCUT2D eigenvalue weighted by molar-refractivity contribution is -0.105. The lowest BCUT2D eigenvalue weighted by atomic mass is 10.0. The molecule has 1 aromatic rings. The fraction of sp³-hybridized carbons (Fsp3) is 0.667. The Labute approximate surface area is 154 Å². The highest BCUT2D eigenvalue weighted by atomic mass is 35.5. The second kappa shape index (κ2) is 7.22. The van der Waals surface area contributed by atoms with Gasteiger partial charge in [-0.1, -0.05) is 38.4 Å². The second-order valence-electron chi connectivity index (χ2n) is 8.47. The molecule has 0 amide bonds. The predicted molar refractivity (Wildman–Crippen MR) is 98.3 cm³/mol. The Hall–Kier alpha value is -0.563. The molecule has 1 heterocycles. The van der Waals surface area contributed by atoms with Crippen molar-refractivity contribution in [3.63, 3.8) is 0 Å². The van der Waals surface area contributed by atoms with Gasteiger partial charge in [-0.15, -0.1) is 0 Å². The van der Waals surface area contributed by atoms with E-state index in [9.17, 15) is 13.2 Å². The summed E-state index contributed by atoms with van der Waals surface area (Å²) in [7, 11) is -2.13. The van der Waals surface area contributed by atoms with Gasteiger partial charge in [0.25, 0.3) is 5.92 Å². The summed E-state index contributed by atoms with van der Waals surface area (Å²) in [4.78, 5) is 1.65. The molecule has 1 atom stereocenters. The van der Waals surface area contributed by atoms with Crippen molar-refractivity contribution in [3.8, 4) is 0 Å². The largest absolute Gasteiger partial charge is 0.412 e. The van der Waals surface area contributed by atoms with Crippen molar-refractivity contribution in [1.29, 1.82) is 0 Å². The molecule has 1 fully saturated rings. The Balaban J connectivity index is 2.12. The molecule has 0 radical (unpaired) electrons. The molecule has 0 unspecified atom stereocenters. The van der Waals surface area contributed by atoms with Gasteiger partial charge < -0.3 is 4.43 Å². The van der Waals surface area contributed by atoms with Crippen molar-refractivity contribution in [2.24, 2.45) is 0 Å². The molecule has 142 valence electrons. The Kier molecular flexibility index (Phi) is 5.99. The first-order chi connectivity index (χ1) is 11.3. The number of piperidine rings is 1. The zero-order chi connectivity index (χ0) is 19.0. The van der Waals surface area contributed by atoms with Crippen LogP contribution in [0.25, 0.3) is 0 Å². The number of hydrogen-bond acceptors (Lipinski definition) is 2. The number of hydrogen-bond donors (Lipinski definition) is 0. The number of nitrogens with zero attached hydrogens (tertiary/aromatic N) is 1. The van der Waals surface area contributed by atoms with Crippen molar-refractivity contribution in [1.82, 2.24) is 4.90 Å². The molecule has 0 N–H and O–H groups in total. The number of likely N-dealkylation sites (tertiary alicyclic amines) is 1. The van der Waals surface area contributed by atoms with E-state index in [1.54, 1.807) is 11.0 Å². The standard InChI is InChI=1S/C18H27ClF3NOSi/c1-17(2,3)25(4,5)24-15-9-18(21,22)12-23(11-15)10-13-6-7-14(20)8-16(13)19/h6-8,15H,9-12H2,1-5H3/t15-/m1/s1. The van der Waals surface area contributed by atoms with E-state index in [0.29, 0.717) is 12.1 Å². The molecule has 1 saturated heterocycles. The van der Waals surface area contributed by atoms with E-state index in [4.69, 9.17) is 16.0 Å². The first-order valence-corrected chi connectivity index (χ1v) is 11.8. The van der Waals surface area contributed by atoms with Gasteiger partial charge in [-0.2, -0.15) is 0 Å². The van der Waals surface area contributed by atoms with Crippen LogP contribution in [0.4, 0.5) is 13.2 Å². The third-order valence-corrected chi connectivity index (χ3v) is 10.0. The molecule has 1 aliphatic rings. The summed E-state index contributed by atoms with van der Waals surface area (Å²) >= 11 is 6.04. The minimum atomic E-state index is -2.81. The highest BCUT2D eigenvalue weighted by molar-refractivity contribution is 6.74. The minimum absolute atomic E-state index is 0.0369. The molecule has 2 rings (SSSR count). The van der Waals surface area contributed by atoms with Crippen LogP contribution in [0.2, 0.25) is 23.2 Å². The summed E-state index contributed by atoms with van der Waals surface area (Å²) in [5.74, 6) is -3.24. The zero-order valence-corrected chi connectivity index (χ0v) is 17.3. The molecule has 0 spiro atoms. The van der Waals surface area contributed by atoms with Gasteiger partial charge in [-0.3, -0.25) is 4.90 Å². The number of halogens is 4. The maximum absolute atomic E-state index is 14.2. The monoisotopic (exact) mass is 393 g/mol. The first kappa shape index (κ1) is 20.7. The van der Waals surface area contributed by atoms with Crippen LogP contribution in [0.1, 0.15) is 32.8 Å². The second-order valence-corrected chi connectivity index (χ2v) is 13.6. The molecule has 0 aliphatic carbocycles. The molecule has 0 aromatic heterocycles. The smallest absolute Gasteiger partial charge is 0.263 e. The maximum atomic E-state index is 14.2. The van der Waals surface area contributed by atoms with Crippen molar-refractivity contribution >= 4 is 19.9 Å². The van der Waals surface area contributed by atoms with E-state index in [0.717, 1.165) is 0 Å². The Morgan fingerprint density at radius 1 is 1.32 bits per heavy atom. The summed E-state index contributed by atoms with van der Waals surface area (Å²) in [5, 5.41) is 0.223. The van der Waals surface area contributed by atoms with Crippen LogP contribution in [0, 0.1) is 5.82 Å². The molecular formula is C18H27ClF3NOSi. The van der Waals surface area contributed by atoms with Gasteiger partial charge in [0, 0.05) is 24.5 Å². The van der Waals surface area contributed by atoms with Crippen LogP contribution in [-0.2, 0) is 11.0 Å². The molecule has 1 aliphatic heterocycles. The van der Waals surface area contributed by atoms with E-state index in [2.05, 4.69) is 33.9 Å². The predicted octanol–water partition coefficient (Wildman–Crippen LogP) is 5.71. The van der Waals surface area contributed by atoms with E-state index >= 15 is 0 Å². The highest BCUT2D eigenvalue weighted by Crippen LogP contribution is 2.40. The average molecular weight is 394 g/mol. The quantitative estimate of drug-likeness (QED) is 0.607. The van der Waals surface area contributed by atoms with E-state index in [1.165, 1.54) is 12.1 Å². The van der Waals surface area contributed by atoms with Crippen molar-refractivity contribution in [3.05, 3.63) is 34.6 Å². The van der Waals surface area contributed by atoms with Gasteiger partial charge in [0.15, 0.2) is 8.32 Å². The summed E-state index contributed by atoms with van der Waals surface area (Å²) in [6, 6.07) is 4.06.